The molecule has 0 atom stereocenters. The summed E-state index contributed by atoms with van der Waals surface area (Å²) < 4.78 is 46.4. The van der Waals surface area contributed by atoms with Crippen LogP contribution >= 0.6 is 11.6 Å². The number of rotatable bonds is 7. The lowest BCUT2D eigenvalue weighted by atomic mass is 10.0. The Hall–Kier alpha value is -4.70. The molecule has 0 heterocycles. The maximum absolute atomic E-state index is 14.4. The number of anilines is 1. The summed E-state index contributed by atoms with van der Waals surface area (Å²) in [6, 6.07) is 15.4. The minimum absolute atomic E-state index is 0.0397. The number of halogens is 4. The molecule has 1 N–H and O–H groups in total. The van der Waals surface area contributed by atoms with Gasteiger partial charge in [0.05, 0.1) is 16.9 Å². The van der Waals surface area contributed by atoms with Gasteiger partial charge in [-0.3, -0.25) is 19.7 Å². The molecule has 4 rings (SSSR count). The third-order valence-electron chi connectivity index (χ3n) is 5.36. The second kappa shape index (κ2) is 11.1. The Balaban J connectivity index is 1.70. The topological polar surface area (TPSA) is 98.5 Å². The highest BCUT2D eigenvalue weighted by Crippen LogP contribution is 2.32. The molecule has 1 amide bonds. The van der Waals surface area contributed by atoms with Crippen molar-refractivity contribution in [3.63, 3.8) is 0 Å². The van der Waals surface area contributed by atoms with Crippen LogP contribution in [0.2, 0.25) is 5.02 Å². The lowest BCUT2D eigenvalue weighted by Crippen LogP contribution is -2.18. The molecule has 11 heteroatoms. The molecule has 38 heavy (non-hydrogen) atoms. The maximum Gasteiger partial charge on any atom is 0.315 e. The average Bonchev–Trinajstić information content (AvgIpc) is 2.86. The van der Waals surface area contributed by atoms with E-state index < -0.39 is 39.9 Å². The number of benzene rings is 4. The SMILES string of the molecule is O=C(Cc1ccc(F)cc1)Oc1ccc(-c2ccc(F)cc2F)cc1C(=O)Nc1ccc(Cl)cc1[N+](=O)[O-]. The first-order valence-electron chi connectivity index (χ1n) is 10.9. The van der Waals surface area contributed by atoms with E-state index in [1.165, 1.54) is 60.7 Å². The summed E-state index contributed by atoms with van der Waals surface area (Å²) in [5, 5.41) is 13.9. The van der Waals surface area contributed by atoms with Crippen molar-refractivity contribution >= 4 is 34.9 Å². The first-order chi connectivity index (χ1) is 18.1. The average molecular weight is 541 g/mol. The van der Waals surface area contributed by atoms with E-state index >= 15 is 0 Å². The molecular formula is C27H16ClF3N2O5. The standard InChI is InChI=1S/C27H16ClF3N2O5/c28-17-4-9-23(24(13-17)33(36)37)32-27(35)21-12-16(20-8-7-19(30)14-22(20)31)3-10-25(21)38-26(34)11-15-1-5-18(29)6-2-15/h1-10,12-14H,11H2,(H,32,35). The van der Waals surface area contributed by atoms with Gasteiger partial charge in [-0.15, -0.1) is 0 Å². The lowest BCUT2D eigenvalue weighted by Gasteiger charge is -2.13. The van der Waals surface area contributed by atoms with Gasteiger partial charge in [-0.1, -0.05) is 29.8 Å². The number of nitro benzene ring substituents is 1. The Morgan fingerprint density at radius 3 is 2.29 bits per heavy atom. The molecule has 0 aliphatic heterocycles. The Morgan fingerprint density at radius 2 is 1.61 bits per heavy atom. The summed E-state index contributed by atoms with van der Waals surface area (Å²) in [4.78, 5) is 36.5. The van der Waals surface area contributed by atoms with Crippen LogP contribution in [0.25, 0.3) is 11.1 Å². The van der Waals surface area contributed by atoms with E-state index in [-0.39, 0.29) is 39.6 Å². The number of amides is 1. The zero-order valence-corrected chi connectivity index (χ0v) is 20.0. The predicted octanol–water partition coefficient (Wildman–Crippen LogP) is 6.73. The number of carbonyl (C=O) groups is 2. The fourth-order valence-corrected chi connectivity index (χ4v) is 3.73. The van der Waals surface area contributed by atoms with E-state index in [1.807, 2.05) is 0 Å². The van der Waals surface area contributed by atoms with Crippen molar-refractivity contribution in [3.8, 4) is 16.9 Å². The molecule has 4 aromatic rings. The minimum Gasteiger partial charge on any atom is -0.425 e. The number of ether oxygens (including phenoxy) is 1. The van der Waals surface area contributed by atoms with Crippen LogP contribution in [0.15, 0.2) is 78.9 Å². The summed E-state index contributed by atoms with van der Waals surface area (Å²) in [6.07, 6.45) is -0.252. The van der Waals surface area contributed by atoms with Crippen molar-refractivity contribution < 1.29 is 32.4 Å². The molecule has 0 radical (unpaired) electrons. The van der Waals surface area contributed by atoms with Gasteiger partial charge in [0, 0.05) is 22.7 Å². The number of hydrogen-bond donors (Lipinski definition) is 1. The molecule has 0 saturated heterocycles. The van der Waals surface area contributed by atoms with Gasteiger partial charge in [0.15, 0.2) is 0 Å². The van der Waals surface area contributed by atoms with Gasteiger partial charge >= 0.3 is 5.97 Å². The quantitative estimate of drug-likeness (QED) is 0.121. The van der Waals surface area contributed by atoms with Crippen molar-refractivity contribution in [1.29, 1.82) is 0 Å². The molecule has 0 saturated carbocycles. The Labute approximate surface area is 218 Å². The number of nitrogens with zero attached hydrogens (tertiary/aromatic N) is 1. The van der Waals surface area contributed by atoms with E-state index in [1.54, 1.807) is 0 Å². The summed E-state index contributed by atoms with van der Waals surface area (Å²) in [5.41, 5.74) is -0.376. The van der Waals surface area contributed by atoms with Crippen LogP contribution in [0.1, 0.15) is 15.9 Å². The van der Waals surface area contributed by atoms with Crippen molar-refractivity contribution in [2.24, 2.45) is 0 Å². The number of nitro groups is 1. The van der Waals surface area contributed by atoms with E-state index in [0.717, 1.165) is 12.1 Å². The zero-order chi connectivity index (χ0) is 27.4. The van der Waals surface area contributed by atoms with Crippen molar-refractivity contribution in [1.82, 2.24) is 0 Å². The molecular weight excluding hydrogens is 525 g/mol. The molecule has 0 unspecified atom stereocenters. The third-order valence-corrected chi connectivity index (χ3v) is 5.59. The molecule has 0 aliphatic carbocycles. The predicted molar refractivity (Wildman–Crippen MR) is 134 cm³/mol. The van der Waals surface area contributed by atoms with Crippen LogP contribution in [-0.4, -0.2) is 16.8 Å². The molecule has 4 aromatic carbocycles. The smallest absolute Gasteiger partial charge is 0.315 e. The van der Waals surface area contributed by atoms with E-state index in [2.05, 4.69) is 5.32 Å². The summed E-state index contributed by atoms with van der Waals surface area (Å²) in [5.74, 6) is -4.11. The fraction of sp³-hybridized carbons (Fsp3) is 0.0370. The Kier molecular flexibility index (Phi) is 7.73. The second-order valence-electron chi connectivity index (χ2n) is 7.99. The minimum atomic E-state index is -0.913. The van der Waals surface area contributed by atoms with Crippen molar-refractivity contribution in [2.45, 2.75) is 6.42 Å². The summed E-state index contributed by atoms with van der Waals surface area (Å²) in [7, 11) is 0. The zero-order valence-electron chi connectivity index (χ0n) is 19.2. The molecule has 0 aromatic heterocycles. The van der Waals surface area contributed by atoms with Crippen LogP contribution in [0.3, 0.4) is 0 Å². The number of hydrogen-bond acceptors (Lipinski definition) is 5. The van der Waals surface area contributed by atoms with Crippen molar-refractivity contribution in [3.05, 3.63) is 123 Å². The fourth-order valence-electron chi connectivity index (χ4n) is 3.57. The van der Waals surface area contributed by atoms with Crippen LogP contribution in [-0.2, 0) is 11.2 Å². The summed E-state index contributed by atoms with van der Waals surface area (Å²) >= 11 is 5.83. The number of esters is 1. The number of nitrogens with one attached hydrogen (secondary N) is 1. The maximum atomic E-state index is 14.4. The molecule has 192 valence electrons. The molecule has 7 nitrogen and oxygen atoms in total. The van der Waals surface area contributed by atoms with Gasteiger partial charge in [0.2, 0.25) is 0 Å². The van der Waals surface area contributed by atoms with E-state index in [4.69, 9.17) is 16.3 Å². The Bertz CT molecular complexity index is 1560. The molecule has 0 bridgehead atoms. The monoisotopic (exact) mass is 540 g/mol. The first kappa shape index (κ1) is 26.4. The molecule has 0 aliphatic rings. The van der Waals surface area contributed by atoms with Crippen LogP contribution in [0.4, 0.5) is 24.5 Å². The van der Waals surface area contributed by atoms with Gasteiger partial charge in [0.1, 0.15) is 28.9 Å². The highest BCUT2D eigenvalue weighted by molar-refractivity contribution is 6.31. The summed E-state index contributed by atoms with van der Waals surface area (Å²) in [6.45, 7) is 0. The largest absolute Gasteiger partial charge is 0.425 e. The van der Waals surface area contributed by atoms with E-state index in [9.17, 15) is 32.9 Å². The highest BCUT2D eigenvalue weighted by atomic mass is 35.5. The van der Waals surface area contributed by atoms with Crippen LogP contribution < -0.4 is 10.1 Å². The third kappa shape index (κ3) is 6.16. The van der Waals surface area contributed by atoms with Gasteiger partial charge in [-0.05, 0) is 59.7 Å². The first-order valence-corrected chi connectivity index (χ1v) is 11.3. The highest BCUT2D eigenvalue weighted by Gasteiger charge is 2.22. The van der Waals surface area contributed by atoms with Crippen LogP contribution in [0.5, 0.6) is 5.75 Å². The second-order valence-corrected chi connectivity index (χ2v) is 8.42. The van der Waals surface area contributed by atoms with Gasteiger partial charge < -0.3 is 10.1 Å². The number of carbonyl (C=O) groups excluding carboxylic acids is 2. The lowest BCUT2D eigenvalue weighted by molar-refractivity contribution is -0.383. The van der Waals surface area contributed by atoms with Crippen molar-refractivity contribution in [2.75, 3.05) is 5.32 Å². The van der Waals surface area contributed by atoms with Gasteiger partial charge in [-0.25, -0.2) is 13.2 Å². The Morgan fingerprint density at radius 1 is 0.895 bits per heavy atom. The van der Waals surface area contributed by atoms with E-state index in [0.29, 0.717) is 11.6 Å². The normalized spacial score (nSPS) is 10.6. The van der Waals surface area contributed by atoms with Gasteiger partial charge in [0.25, 0.3) is 11.6 Å². The van der Waals surface area contributed by atoms with Gasteiger partial charge in [-0.2, -0.15) is 0 Å². The molecule has 0 fully saturated rings. The van der Waals surface area contributed by atoms with Crippen LogP contribution in [0, 0.1) is 27.6 Å². The molecule has 0 spiro atoms.